The third-order valence-corrected chi connectivity index (χ3v) is 3.61. The van der Waals surface area contributed by atoms with Crippen LogP contribution in [0.1, 0.15) is 15.9 Å². The molecule has 21 heavy (non-hydrogen) atoms. The van der Waals surface area contributed by atoms with Gasteiger partial charge in [0.15, 0.2) is 6.10 Å². The summed E-state index contributed by atoms with van der Waals surface area (Å²) in [7, 11) is 3.20. The first-order valence-corrected chi connectivity index (χ1v) is 6.73. The van der Waals surface area contributed by atoms with Crippen LogP contribution in [0.5, 0.6) is 17.2 Å². The van der Waals surface area contributed by atoms with Gasteiger partial charge in [-0.1, -0.05) is 18.2 Å². The van der Waals surface area contributed by atoms with Crippen LogP contribution in [-0.2, 0) is 6.42 Å². The first kappa shape index (κ1) is 13.5. The number of carbonyl (C=O) groups excluding carboxylic acids is 1. The van der Waals surface area contributed by atoms with Crippen molar-refractivity contribution in [1.29, 1.82) is 0 Å². The number of benzene rings is 2. The molecule has 0 bridgehead atoms. The third kappa shape index (κ3) is 2.44. The number of fused-ring (bicyclic) bond motifs is 1. The summed E-state index contributed by atoms with van der Waals surface area (Å²) in [5.41, 5.74) is 1.53. The lowest BCUT2D eigenvalue weighted by Gasteiger charge is -2.12. The summed E-state index contributed by atoms with van der Waals surface area (Å²) in [5, 5.41) is 0. The summed E-state index contributed by atoms with van der Waals surface area (Å²) in [4.78, 5) is 12.4. The molecule has 0 amide bonds. The Hall–Kier alpha value is -2.49. The number of ketones is 1. The fourth-order valence-corrected chi connectivity index (χ4v) is 2.52. The Morgan fingerprint density at radius 2 is 1.90 bits per heavy atom. The summed E-state index contributed by atoms with van der Waals surface area (Å²) >= 11 is 0. The molecule has 2 aromatic carbocycles. The first-order valence-electron chi connectivity index (χ1n) is 6.73. The van der Waals surface area contributed by atoms with E-state index < -0.39 is 6.10 Å². The van der Waals surface area contributed by atoms with E-state index in [1.165, 1.54) is 0 Å². The van der Waals surface area contributed by atoms with Gasteiger partial charge < -0.3 is 14.2 Å². The number of Topliss-reactive ketones (excluding diaryl/α,β-unsaturated/α-hetero) is 1. The number of rotatable bonds is 4. The minimum atomic E-state index is -0.511. The molecule has 0 radical (unpaired) electrons. The van der Waals surface area contributed by atoms with Gasteiger partial charge in [0.2, 0.25) is 5.78 Å². The van der Waals surface area contributed by atoms with Gasteiger partial charge in [0.25, 0.3) is 0 Å². The average Bonchev–Trinajstić information content (AvgIpc) is 2.83. The standard InChI is InChI=1S/C17H16O4/c1-19-12-7-8-15-13(10-12)17(18)16(21-15)9-11-5-3-4-6-14(11)20-2/h3-8,10,16H,9H2,1-2H3/t16-/m1/s1. The smallest absolute Gasteiger partial charge is 0.207 e. The van der Waals surface area contributed by atoms with Crippen molar-refractivity contribution in [3.63, 3.8) is 0 Å². The molecule has 0 aromatic heterocycles. The van der Waals surface area contributed by atoms with E-state index in [0.717, 1.165) is 11.3 Å². The Morgan fingerprint density at radius 3 is 2.67 bits per heavy atom. The van der Waals surface area contributed by atoms with Crippen LogP contribution in [0.25, 0.3) is 0 Å². The molecule has 2 aromatic rings. The molecule has 1 atom stereocenters. The van der Waals surface area contributed by atoms with Crippen molar-refractivity contribution in [3.8, 4) is 17.2 Å². The van der Waals surface area contributed by atoms with Crippen molar-refractivity contribution in [2.75, 3.05) is 14.2 Å². The number of carbonyl (C=O) groups is 1. The zero-order valence-corrected chi connectivity index (χ0v) is 12.0. The van der Waals surface area contributed by atoms with E-state index in [0.29, 0.717) is 23.5 Å². The van der Waals surface area contributed by atoms with E-state index in [1.807, 2.05) is 24.3 Å². The highest BCUT2D eigenvalue weighted by atomic mass is 16.5. The monoisotopic (exact) mass is 284 g/mol. The molecule has 0 unspecified atom stereocenters. The van der Waals surface area contributed by atoms with Crippen LogP contribution >= 0.6 is 0 Å². The Morgan fingerprint density at radius 1 is 1.10 bits per heavy atom. The normalized spacial score (nSPS) is 16.3. The van der Waals surface area contributed by atoms with Crippen molar-refractivity contribution in [2.45, 2.75) is 12.5 Å². The molecule has 1 heterocycles. The van der Waals surface area contributed by atoms with Crippen molar-refractivity contribution >= 4 is 5.78 Å². The molecule has 4 heteroatoms. The molecule has 3 rings (SSSR count). The van der Waals surface area contributed by atoms with E-state index in [-0.39, 0.29) is 5.78 Å². The summed E-state index contributed by atoms with van der Waals surface area (Å²) in [6.07, 6.45) is -0.0248. The van der Waals surface area contributed by atoms with Crippen LogP contribution in [0.4, 0.5) is 0 Å². The summed E-state index contributed by atoms with van der Waals surface area (Å²) in [5.74, 6) is 2.02. The number of hydrogen-bond donors (Lipinski definition) is 0. The summed E-state index contributed by atoms with van der Waals surface area (Å²) in [6.45, 7) is 0. The van der Waals surface area contributed by atoms with Crippen LogP contribution in [0.15, 0.2) is 42.5 Å². The van der Waals surface area contributed by atoms with Crippen LogP contribution in [0.3, 0.4) is 0 Å². The fraction of sp³-hybridized carbons (Fsp3) is 0.235. The average molecular weight is 284 g/mol. The topological polar surface area (TPSA) is 44.8 Å². The van der Waals surface area contributed by atoms with Gasteiger partial charge in [-0.25, -0.2) is 0 Å². The van der Waals surface area contributed by atoms with Crippen LogP contribution < -0.4 is 14.2 Å². The lowest BCUT2D eigenvalue weighted by molar-refractivity contribution is 0.0857. The van der Waals surface area contributed by atoms with Gasteiger partial charge in [-0.2, -0.15) is 0 Å². The summed E-state index contributed by atoms with van der Waals surface area (Å²) < 4.78 is 16.2. The van der Waals surface area contributed by atoms with Crippen molar-refractivity contribution in [1.82, 2.24) is 0 Å². The second-order valence-electron chi connectivity index (χ2n) is 4.85. The molecule has 0 saturated heterocycles. The van der Waals surface area contributed by atoms with E-state index in [4.69, 9.17) is 14.2 Å². The predicted octanol–water partition coefficient (Wildman–Crippen LogP) is 2.89. The molecule has 1 aliphatic heterocycles. The molecule has 1 aliphatic rings. The fourth-order valence-electron chi connectivity index (χ4n) is 2.52. The molecule has 108 valence electrons. The quantitative estimate of drug-likeness (QED) is 0.866. The number of methoxy groups -OCH3 is 2. The lowest BCUT2D eigenvalue weighted by atomic mass is 10.0. The molecule has 0 saturated carbocycles. The van der Waals surface area contributed by atoms with E-state index >= 15 is 0 Å². The van der Waals surface area contributed by atoms with Gasteiger partial charge in [0.05, 0.1) is 19.8 Å². The molecule has 0 aliphatic carbocycles. The van der Waals surface area contributed by atoms with Gasteiger partial charge in [0, 0.05) is 6.42 Å². The first-order chi connectivity index (χ1) is 10.2. The van der Waals surface area contributed by atoms with E-state index in [9.17, 15) is 4.79 Å². The number of ether oxygens (including phenoxy) is 3. The second kappa shape index (κ2) is 5.48. The maximum absolute atomic E-state index is 12.4. The van der Waals surface area contributed by atoms with Crippen LogP contribution in [-0.4, -0.2) is 26.1 Å². The Kier molecular flexibility index (Phi) is 3.52. The minimum absolute atomic E-state index is 0.0187. The van der Waals surface area contributed by atoms with Gasteiger partial charge in [0.1, 0.15) is 17.2 Å². The number of para-hydroxylation sites is 1. The summed E-state index contributed by atoms with van der Waals surface area (Å²) in [6, 6.07) is 12.9. The number of hydrogen-bond acceptors (Lipinski definition) is 4. The van der Waals surface area contributed by atoms with Crippen LogP contribution in [0, 0.1) is 0 Å². The SMILES string of the molecule is COc1ccc2c(c1)C(=O)[C@@H](Cc1ccccc1OC)O2. The molecular weight excluding hydrogens is 268 g/mol. The predicted molar refractivity (Wildman–Crippen MR) is 78.4 cm³/mol. The highest BCUT2D eigenvalue weighted by Crippen LogP contribution is 2.34. The van der Waals surface area contributed by atoms with E-state index in [1.54, 1.807) is 32.4 Å². The van der Waals surface area contributed by atoms with Gasteiger partial charge in [-0.15, -0.1) is 0 Å². The maximum Gasteiger partial charge on any atom is 0.207 e. The lowest BCUT2D eigenvalue weighted by Crippen LogP contribution is -2.23. The zero-order chi connectivity index (χ0) is 14.8. The van der Waals surface area contributed by atoms with Gasteiger partial charge >= 0.3 is 0 Å². The Balaban J connectivity index is 1.85. The Bertz CT molecular complexity index is 678. The van der Waals surface area contributed by atoms with Crippen molar-refractivity contribution < 1.29 is 19.0 Å². The molecule has 4 nitrogen and oxygen atoms in total. The molecule has 0 N–H and O–H groups in total. The highest BCUT2D eigenvalue weighted by Gasteiger charge is 2.33. The second-order valence-corrected chi connectivity index (χ2v) is 4.85. The Labute approximate surface area is 123 Å². The molecule has 0 spiro atoms. The minimum Gasteiger partial charge on any atom is -0.497 e. The highest BCUT2D eigenvalue weighted by molar-refractivity contribution is 6.05. The zero-order valence-electron chi connectivity index (χ0n) is 12.0. The molecular formula is C17H16O4. The largest absolute Gasteiger partial charge is 0.497 e. The third-order valence-electron chi connectivity index (χ3n) is 3.61. The van der Waals surface area contributed by atoms with Crippen molar-refractivity contribution in [3.05, 3.63) is 53.6 Å². The van der Waals surface area contributed by atoms with Crippen LogP contribution in [0.2, 0.25) is 0 Å². The molecule has 0 fully saturated rings. The van der Waals surface area contributed by atoms with Crippen molar-refractivity contribution in [2.24, 2.45) is 0 Å². The van der Waals surface area contributed by atoms with Gasteiger partial charge in [-0.3, -0.25) is 4.79 Å². The van der Waals surface area contributed by atoms with E-state index in [2.05, 4.69) is 0 Å². The maximum atomic E-state index is 12.4. The van der Waals surface area contributed by atoms with Gasteiger partial charge in [-0.05, 0) is 29.8 Å².